The third kappa shape index (κ3) is 3.89. The van der Waals surface area contributed by atoms with Gasteiger partial charge in [0.25, 0.3) is 0 Å². The fourth-order valence-electron chi connectivity index (χ4n) is 2.09. The van der Waals surface area contributed by atoms with Gasteiger partial charge in [0.2, 0.25) is 5.91 Å². The normalized spacial score (nSPS) is 13.7. The van der Waals surface area contributed by atoms with E-state index >= 15 is 0 Å². The van der Waals surface area contributed by atoms with Crippen LogP contribution in [0.1, 0.15) is 18.4 Å². The van der Waals surface area contributed by atoms with Crippen LogP contribution >= 0.6 is 11.6 Å². The molecule has 1 aliphatic rings. The molecule has 1 fully saturated rings. The Bertz CT molecular complexity index is 664. The van der Waals surface area contributed by atoms with Gasteiger partial charge < -0.3 is 15.7 Å². The SMILES string of the molecule is O=C(Nc1ccc(NCc2cc(O)cc(Cl)c2)cn1)C1CC1. The zero-order valence-electron chi connectivity index (χ0n) is 11.8. The number of hydrogen-bond donors (Lipinski definition) is 3. The lowest BCUT2D eigenvalue weighted by Crippen LogP contribution is -2.14. The standard InChI is InChI=1S/C16H16ClN3O2/c17-12-5-10(6-14(21)7-12)8-18-13-3-4-15(19-9-13)20-16(22)11-1-2-11/h3-7,9,11,18,21H,1-2,8H2,(H,19,20,22). The predicted octanol–water partition coefficient (Wildman–Crippen LogP) is 3.40. The van der Waals surface area contributed by atoms with E-state index in [-0.39, 0.29) is 17.6 Å². The van der Waals surface area contributed by atoms with E-state index in [9.17, 15) is 9.90 Å². The van der Waals surface area contributed by atoms with Crippen LogP contribution < -0.4 is 10.6 Å². The van der Waals surface area contributed by atoms with Gasteiger partial charge in [-0.2, -0.15) is 0 Å². The first kappa shape index (κ1) is 14.7. The second kappa shape index (κ2) is 6.23. The number of halogens is 1. The third-order valence-electron chi connectivity index (χ3n) is 3.40. The third-order valence-corrected chi connectivity index (χ3v) is 3.62. The number of carbonyl (C=O) groups is 1. The molecule has 0 aliphatic heterocycles. The van der Waals surface area contributed by atoms with Crippen molar-refractivity contribution >= 4 is 29.0 Å². The summed E-state index contributed by atoms with van der Waals surface area (Å²) in [4.78, 5) is 15.8. The lowest BCUT2D eigenvalue weighted by molar-refractivity contribution is -0.117. The van der Waals surface area contributed by atoms with Crippen LogP contribution in [0, 0.1) is 5.92 Å². The fraction of sp³-hybridized carbons (Fsp3) is 0.250. The Morgan fingerprint density at radius 3 is 2.77 bits per heavy atom. The average molecular weight is 318 g/mol. The lowest BCUT2D eigenvalue weighted by Gasteiger charge is -2.08. The molecule has 1 amide bonds. The molecule has 5 nitrogen and oxygen atoms in total. The molecule has 2 aromatic rings. The molecule has 1 heterocycles. The summed E-state index contributed by atoms with van der Waals surface area (Å²) in [6.45, 7) is 0.517. The van der Waals surface area contributed by atoms with Gasteiger partial charge in [0, 0.05) is 17.5 Å². The number of aromatic nitrogens is 1. The maximum Gasteiger partial charge on any atom is 0.228 e. The van der Waals surface area contributed by atoms with Crippen LogP contribution in [0.3, 0.4) is 0 Å². The molecular weight excluding hydrogens is 302 g/mol. The monoisotopic (exact) mass is 317 g/mol. The number of pyridine rings is 1. The zero-order valence-corrected chi connectivity index (χ0v) is 12.6. The highest BCUT2D eigenvalue weighted by Gasteiger charge is 2.29. The van der Waals surface area contributed by atoms with E-state index in [1.54, 1.807) is 24.4 Å². The molecule has 114 valence electrons. The summed E-state index contributed by atoms with van der Waals surface area (Å²) in [6.07, 6.45) is 3.60. The first-order valence-corrected chi connectivity index (χ1v) is 7.47. The summed E-state index contributed by atoms with van der Waals surface area (Å²) >= 11 is 5.89. The van der Waals surface area contributed by atoms with Crippen molar-refractivity contribution in [1.82, 2.24) is 4.98 Å². The van der Waals surface area contributed by atoms with Gasteiger partial charge in [-0.1, -0.05) is 11.6 Å². The van der Waals surface area contributed by atoms with Gasteiger partial charge in [0.05, 0.1) is 11.9 Å². The molecular formula is C16H16ClN3O2. The van der Waals surface area contributed by atoms with Crippen LogP contribution in [-0.4, -0.2) is 16.0 Å². The largest absolute Gasteiger partial charge is 0.508 e. The van der Waals surface area contributed by atoms with Crippen molar-refractivity contribution in [3.63, 3.8) is 0 Å². The van der Waals surface area contributed by atoms with E-state index < -0.39 is 0 Å². The Morgan fingerprint density at radius 2 is 2.14 bits per heavy atom. The molecule has 0 saturated heterocycles. The summed E-state index contributed by atoms with van der Waals surface area (Å²) < 4.78 is 0. The highest BCUT2D eigenvalue weighted by molar-refractivity contribution is 6.30. The van der Waals surface area contributed by atoms with Crippen molar-refractivity contribution in [1.29, 1.82) is 0 Å². The van der Waals surface area contributed by atoms with Crippen LogP contribution in [0.5, 0.6) is 5.75 Å². The molecule has 0 radical (unpaired) electrons. The minimum Gasteiger partial charge on any atom is -0.508 e. The topological polar surface area (TPSA) is 74.2 Å². The number of phenols is 1. The molecule has 0 bridgehead atoms. The molecule has 1 aliphatic carbocycles. The number of carbonyl (C=O) groups excluding carboxylic acids is 1. The molecule has 1 saturated carbocycles. The summed E-state index contributed by atoms with van der Waals surface area (Å²) in [5.74, 6) is 0.904. The summed E-state index contributed by atoms with van der Waals surface area (Å²) in [5, 5.41) is 16.0. The number of hydrogen-bond acceptors (Lipinski definition) is 4. The Kier molecular flexibility index (Phi) is 4.15. The van der Waals surface area contributed by atoms with Gasteiger partial charge in [-0.05, 0) is 48.7 Å². The maximum absolute atomic E-state index is 11.6. The second-order valence-electron chi connectivity index (χ2n) is 5.37. The number of nitrogens with zero attached hydrogens (tertiary/aromatic N) is 1. The molecule has 0 unspecified atom stereocenters. The minimum absolute atomic E-state index is 0.0441. The van der Waals surface area contributed by atoms with Crippen LogP contribution in [0.25, 0.3) is 0 Å². The quantitative estimate of drug-likeness (QED) is 0.790. The highest BCUT2D eigenvalue weighted by Crippen LogP contribution is 2.30. The highest BCUT2D eigenvalue weighted by atomic mass is 35.5. The first-order valence-electron chi connectivity index (χ1n) is 7.09. The maximum atomic E-state index is 11.6. The van der Waals surface area contributed by atoms with Crippen LogP contribution in [0.4, 0.5) is 11.5 Å². The lowest BCUT2D eigenvalue weighted by atomic mass is 10.2. The van der Waals surface area contributed by atoms with E-state index in [0.717, 1.165) is 24.1 Å². The van der Waals surface area contributed by atoms with Gasteiger partial charge in [0.1, 0.15) is 11.6 Å². The average Bonchev–Trinajstić information content (AvgIpc) is 3.30. The van der Waals surface area contributed by atoms with Crippen molar-refractivity contribution in [2.45, 2.75) is 19.4 Å². The van der Waals surface area contributed by atoms with Crippen LogP contribution in [0.2, 0.25) is 5.02 Å². The van der Waals surface area contributed by atoms with E-state index in [1.807, 2.05) is 6.07 Å². The van der Waals surface area contributed by atoms with Gasteiger partial charge in [0.15, 0.2) is 0 Å². The summed E-state index contributed by atoms with van der Waals surface area (Å²) in [7, 11) is 0. The summed E-state index contributed by atoms with van der Waals surface area (Å²) in [5.41, 5.74) is 1.69. The van der Waals surface area contributed by atoms with Crippen molar-refractivity contribution in [3.05, 3.63) is 47.1 Å². The van der Waals surface area contributed by atoms with Crippen LogP contribution in [0.15, 0.2) is 36.5 Å². The van der Waals surface area contributed by atoms with Crippen molar-refractivity contribution in [3.8, 4) is 5.75 Å². The number of aromatic hydroxyl groups is 1. The van der Waals surface area contributed by atoms with Gasteiger partial charge >= 0.3 is 0 Å². The van der Waals surface area contributed by atoms with Gasteiger partial charge in [-0.3, -0.25) is 4.79 Å². The summed E-state index contributed by atoms with van der Waals surface area (Å²) in [6, 6.07) is 8.53. The number of amides is 1. The van der Waals surface area contributed by atoms with Crippen molar-refractivity contribution in [2.75, 3.05) is 10.6 Å². The van der Waals surface area contributed by atoms with Gasteiger partial charge in [-0.25, -0.2) is 4.98 Å². The number of benzene rings is 1. The van der Waals surface area contributed by atoms with Crippen LogP contribution in [-0.2, 0) is 11.3 Å². The molecule has 1 aromatic carbocycles. The zero-order chi connectivity index (χ0) is 15.5. The first-order chi connectivity index (χ1) is 10.6. The number of anilines is 2. The smallest absolute Gasteiger partial charge is 0.228 e. The fourth-order valence-corrected chi connectivity index (χ4v) is 2.34. The number of phenolic OH excluding ortho intramolecular Hbond substituents is 1. The van der Waals surface area contributed by atoms with Gasteiger partial charge in [-0.15, -0.1) is 0 Å². The molecule has 3 N–H and O–H groups in total. The molecule has 1 aromatic heterocycles. The molecule has 0 spiro atoms. The Morgan fingerprint density at radius 1 is 1.32 bits per heavy atom. The van der Waals surface area contributed by atoms with E-state index in [2.05, 4.69) is 15.6 Å². The van der Waals surface area contributed by atoms with E-state index in [4.69, 9.17) is 11.6 Å². The van der Waals surface area contributed by atoms with Crippen molar-refractivity contribution < 1.29 is 9.90 Å². The molecule has 0 atom stereocenters. The second-order valence-corrected chi connectivity index (χ2v) is 5.80. The Hall–Kier alpha value is -2.27. The Balaban J connectivity index is 1.57. The van der Waals surface area contributed by atoms with E-state index in [1.165, 1.54) is 6.07 Å². The molecule has 22 heavy (non-hydrogen) atoms. The molecule has 3 rings (SSSR count). The minimum atomic E-state index is 0.0441. The molecule has 6 heteroatoms. The Labute approximate surface area is 133 Å². The number of nitrogens with one attached hydrogen (secondary N) is 2. The number of rotatable bonds is 5. The van der Waals surface area contributed by atoms with Crippen molar-refractivity contribution in [2.24, 2.45) is 5.92 Å². The predicted molar refractivity (Wildman–Crippen MR) is 86.0 cm³/mol. The van der Waals surface area contributed by atoms with E-state index in [0.29, 0.717) is 17.4 Å².